The molecule has 0 aromatic carbocycles. The van der Waals surface area contributed by atoms with Gasteiger partial charge in [-0.05, 0) is 0 Å². The molecule has 0 rings (SSSR count). The van der Waals surface area contributed by atoms with E-state index in [4.69, 9.17) is 5.11 Å². The van der Waals surface area contributed by atoms with E-state index >= 15 is 0 Å². The van der Waals surface area contributed by atoms with Crippen LogP contribution in [-0.2, 0) is 4.79 Å². The second-order valence-corrected chi connectivity index (χ2v) is 2.65. The Hall–Kier alpha value is -0.410. The number of carbonyl (C=O) groups is 1. The van der Waals surface area contributed by atoms with Crippen molar-refractivity contribution in [2.24, 2.45) is 11.8 Å². The standard InChI is InChI=1S/C7H14O3/c1-5(3-8)7(10)6(2)4-9/h3,5-7,9-10H,4H2,1-2H3/t5-,6-,7+/m0/s1. The van der Waals surface area contributed by atoms with Crippen LogP contribution in [-0.4, -0.2) is 29.2 Å². The molecule has 3 atom stereocenters. The van der Waals surface area contributed by atoms with Crippen molar-refractivity contribution >= 4 is 6.29 Å². The largest absolute Gasteiger partial charge is 0.396 e. The number of carbonyl (C=O) groups excluding carboxylic acids is 1. The Morgan fingerprint density at radius 2 is 2.00 bits per heavy atom. The second-order valence-electron chi connectivity index (χ2n) is 2.65. The second kappa shape index (κ2) is 4.41. The lowest BCUT2D eigenvalue weighted by Crippen LogP contribution is -2.28. The lowest BCUT2D eigenvalue weighted by atomic mass is 9.95. The summed E-state index contributed by atoms with van der Waals surface area (Å²) < 4.78 is 0. The molecule has 0 spiro atoms. The van der Waals surface area contributed by atoms with Gasteiger partial charge in [-0.3, -0.25) is 0 Å². The van der Waals surface area contributed by atoms with E-state index < -0.39 is 6.10 Å². The number of aliphatic hydroxyl groups is 2. The zero-order valence-corrected chi connectivity index (χ0v) is 6.32. The molecule has 0 fully saturated rings. The molecule has 0 saturated heterocycles. The predicted octanol–water partition coefficient (Wildman–Crippen LogP) is -0.189. The van der Waals surface area contributed by atoms with Gasteiger partial charge in [0.25, 0.3) is 0 Å². The molecule has 2 N–H and O–H groups in total. The first kappa shape index (κ1) is 9.59. The summed E-state index contributed by atoms with van der Waals surface area (Å²) in [5.41, 5.74) is 0. The Bertz CT molecular complexity index is 103. The monoisotopic (exact) mass is 146 g/mol. The average molecular weight is 146 g/mol. The molecule has 10 heavy (non-hydrogen) atoms. The van der Waals surface area contributed by atoms with Crippen molar-refractivity contribution in [2.45, 2.75) is 20.0 Å². The molecule has 0 aliphatic heterocycles. The highest BCUT2D eigenvalue weighted by atomic mass is 16.3. The Morgan fingerprint density at radius 3 is 2.30 bits per heavy atom. The van der Waals surface area contributed by atoms with Crippen molar-refractivity contribution in [3.63, 3.8) is 0 Å². The van der Waals surface area contributed by atoms with Crippen LogP contribution in [0.4, 0.5) is 0 Å². The maximum atomic E-state index is 10.1. The zero-order valence-electron chi connectivity index (χ0n) is 6.32. The number of rotatable bonds is 4. The van der Waals surface area contributed by atoms with Gasteiger partial charge in [-0.2, -0.15) is 0 Å². The van der Waals surface area contributed by atoms with E-state index in [1.54, 1.807) is 13.8 Å². The van der Waals surface area contributed by atoms with Gasteiger partial charge in [0.1, 0.15) is 6.29 Å². The highest BCUT2D eigenvalue weighted by Crippen LogP contribution is 2.09. The van der Waals surface area contributed by atoms with Crippen molar-refractivity contribution in [1.29, 1.82) is 0 Å². The molecule has 3 nitrogen and oxygen atoms in total. The maximum absolute atomic E-state index is 10.1. The molecule has 0 aromatic heterocycles. The molecule has 0 saturated carbocycles. The van der Waals surface area contributed by atoms with E-state index in [1.165, 1.54) is 0 Å². The molecule has 0 amide bonds. The summed E-state index contributed by atoms with van der Waals surface area (Å²) in [6.45, 7) is 3.24. The molecule has 0 bridgehead atoms. The van der Waals surface area contributed by atoms with E-state index in [1.807, 2.05) is 0 Å². The molecule has 0 aliphatic carbocycles. The minimum Gasteiger partial charge on any atom is -0.396 e. The maximum Gasteiger partial charge on any atom is 0.125 e. The first-order valence-electron chi connectivity index (χ1n) is 3.37. The summed E-state index contributed by atoms with van der Waals surface area (Å²) >= 11 is 0. The lowest BCUT2D eigenvalue weighted by molar-refractivity contribution is -0.115. The lowest BCUT2D eigenvalue weighted by Gasteiger charge is -2.18. The topological polar surface area (TPSA) is 57.5 Å². The smallest absolute Gasteiger partial charge is 0.125 e. The van der Waals surface area contributed by atoms with Crippen molar-refractivity contribution in [1.82, 2.24) is 0 Å². The molecule has 0 aromatic rings. The van der Waals surface area contributed by atoms with Crippen molar-refractivity contribution in [3.05, 3.63) is 0 Å². The fourth-order valence-corrected chi connectivity index (χ4v) is 0.707. The van der Waals surface area contributed by atoms with Gasteiger partial charge in [-0.15, -0.1) is 0 Å². The first-order chi connectivity index (χ1) is 4.63. The Balaban J connectivity index is 3.80. The van der Waals surface area contributed by atoms with Gasteiger partial charge in [0.2, 0.25) is 0 Å². The zero-order chi connectivity index (χ0) is 8.15. The molecular formula is C7H14O3. The van der Waals surface area contributed by atoms with Crippen molar-refractivity contribution in [3.8, 4) is 0 Å². The molecule has 0 aliphatic rings. The van der Waals surface area contributed by atoms with Gasteiger partial charge < -0.3 is 15.0 Å². The van der Waals surface area contributed by atoms with Crippen LogP contribution in [0.1, 0.15) is 13.8 Å². The van der Waals surface area contributed by atoms with E-state index in [9.17, 15) is 9.90 Å². The highest BCUT2D eigenvalue weighted by Gasteiger charge is 2.19. The van der Waals surface area contributed by atoms with E-state index in [2.05, 4.69) is 0 Å². The minimum absolute atomic E-state index is 0.0840. The Labute approximate surface area is 60.7 Å². The van der Waals surface area contributed by atoms with E-state index in [-0.39, 0.29) is 18.4 Å². The van der Waals surface area contributed by atoms with E-state index in [0.29, 0.717) is 6.29 Å². The molecule has 0 unspecified atom stereocenters. The molecule has 0 radical (unpaired) electrons. The third-order valence-corrected chi connectivity index (χ3v) is 1.62. The highest BCUT2D eigenvalue weighted by molar-refractivity contribution is 5.53. The molecule has 60 valence electrons. The summed E-state index contributed by atoms with van der Waals surface area (Å²) in [6.07, 6.45) is -0.0286. The summed E-state index contributed by atoms with van der Waals surface area (Å²) in [6, 6.07) is 0. The van der Waals surface area contributed by atoms with Gasteiger partial charge in [-0.1, -0.05) is 13.8 Å². The number of hydrogen-bond donors (Lipinski definition) is 2. The number of aliphatic hydroxyl groups excluding tert-OH is 2. The fraction of sp³-hybridized carbons (Fsp3) is 0.857. The van der Waals surface area contributed by atoms with Gasteiger partial charge in [-0.25, -0.2) is 0 Å². The van der Waals surface area contributed by atoms with Crippen LogP contribution in [0.3, 0.4) is 0 Å². The number of aldehydes is 1. The van der Waals surface area contributed by atoms with Crippen LogP contribution >= 0.6 is 0 Å². The van der Waals surface area contributed by atoms with Crippen LogP contribution in [0.25, 0.3) is 0 Å². The molecule has 0 heterocycles. The molecule has 3 heteroatoms. The Kier molecular flexibility index (Phi) is 4.23. The SMILES string of the molecule is C[C@@H](C=O)[C@@H](O)[C@@H](C)CO. The fourth-order valence-electron chi connectivity index (χ4n) is 0.707. The van der Waals surface area contributed by atoms with Crippen LogP contribution < -0.4 is 0 Å². The Morgan fingerprint density at radius 1 is 1.50 bits per heavy atom. The van der Waals surface area contributed by atoms with Gasteiger partial charge in [0.15, 0.2) is 0 Å². The summed E-state index contributed by atoms with van der Waals surface area (Å²) in [5.74, 6) is -0.609. The third kappa shape index (κ3) is 2.45. The summed E-state index contributed by atoms with van der Waals surface area (Å²) in [5, 5.41) is 17.8. The van der Waals surface area contributed by atoms with Crippen molar-refractivity contribution in [2.75, 3.05) is 6.61 Å². The van der Waals surface area contributed by atoms with Crippen LogP contribution in [0.5, 0.6) is 0 Å². The molecular weight excluding hydrogens is 132 g/mol. The van der Waals surface area contributed by atoms with E-state index in [0.717, 1.165) is 0 Å². The summed E-state index contributed by atoms with van der Waals surface area (Å²) in [7, 11) is 0. The quantitative estimate of drug-likeness (QED) is 0.540. The minimum atomic E-state index is -0.720. The first-order valence-corrected chi connectivity index (χ1v) is 3.37. The third-order valence-electron chi connectivity index (χ3n) is 1.62. The van der Waals surface area contributed by atoms with Crippen LogP contribution in [0.2, 0.25) is 0 Å². The normalized spacial score (nSPS) is 19.6. The van der Waals surface area contributed by atoms with Gasteiger partial charge in [0.05, 0.1) is 6.10 Å². The predicted molar refractivity (Wildman–Crippen MR) is 37.5 cm³/mol. The van der Waals surface area contributed by atoms with Crippen molar-refractivity contribution < 1.29 is 15.0 Å². The number of hydrogen-bond acceptors (Lipinski definition) is 3. The van der Waals surface area contributed by atoms with Gasteiger partial charge >= 0.3 is 0 Å². The summed E-state index contributed by atoms with van der Waals surface area (Å²) in [4.78, 5) is 10.1. The van der Waals surface area contributed by atoms with Gasteiger partial charge in [0, 0.05) is 18.4 Å². The van der Waals surface area contributed by atoms with Crippen LogP contribution in [0, 0.1) is 11.8 Å². The average Bonchev–Trinajstić information content (AvgIpc) is 2.00. The van der Waals surface area contributed by atoms with Crippen LogP contribution in [0.15, 0.2) is 0 Å².